The van der Waals surface area contributed by atoms with Crippen LogP contribution in [-0.2, 0) is 10.0 Å². The average molecular weight is 530 g/mol. The van der Waals surface area contributed by atoms with Gasteiger partial charge >= 0.3 is 0 Å². The highest BCUT2D eigenvalue weighted by atomic mass is 79.9. The quantitative estimate of drug-likeness (QED) is 0.617. The molecule has 0 radical (unpaired) electrons. The van der Waals surface area contributed by atoms with E-state index in [9.17, 15) is 22.7 Å². The third kappa shape index (κ3) is 4.95. The van der Waals surface area contributed by atoms with E-state index in [1.54, 1.807) is 13.0 Å². The SMILES string of the molecule is C[C@H]1CN([C@@H](C)CO)C(=O)c2cc(Br)cnc2O[C@H]1CN(C)S(=O)(=O)c1ccccc1F. The second-order valence-electron chi connectivity index (χ2n) is 7.84. The van der Waals surface area contributed by atoms with E-state index in [0.717, 1.165) is 10.4 Å². The molecule has 32 heavy (non-hydrogen) atoms. The Morgan fingerprint density at radius 1 is 1.41 bits per heavy atom. The van der Waals surface area contributed by atoms with Crippen LogP contribution in [0.1, 0.15) is 24.2 Å². The van der Waals surface area contributed by atoms with Gasteiger partial charge in [0.1, 0.15) is 22.4 Å². The van der Waals surface area contributed by atoms with Crippen molar-refractivity contribution in [3.8, 4) is 5.88 Å². The van der Waals surface area contributed by atoms with Crippen LogP contribution in [0.2, 0.25) is 0 Å². The fourth-order valence-corrected chi connectivity index (χ4v) is 5.04. The van der Waals surface area contributed by atoms with Crippen molar-refractivity contribution < 1.29 is 27.4 Å². The number of rotatable bonds is 6. The van der Waals surface area contributed by atoms with Gasteiger partial charge in [0.2, 0.25) is 15.9 Å². The van der Waals surface area contributed by atoms with Gasteiger partial charge in [-0.05, 0) is 41.1 Å². The van der Waals surface area contributed by atoms with Gasteiger partial charge in [0.25, 0.3) is 5.91 Å². The average Bonchev–Trinajstić information content (AvgIpc) is 2.76. The number of aromatic nitrogens is 1. The van der Waals surface area contributed by atoms with Crippen LogP contribution in [0.25, 0.3) is 0 Å². The van der Waals surface area contributed by atoms with E-state index < -0.39 is 32.9 Å². The first-order valence-electron chi connectivity index (χ1n) is 10.0. The summed E-state index contributed by atoms with van der Waals surface area (Å²) in [5.41, 5.74) is 0.205. The van der Waals surface area contributed by atoms with Crippen LogP contribution in [0.3, 0.4) is 0 Å². The van der Waals surface area contributed by atoms with Crippen molar-refractivity contribution >= 4 is 31.9 Å². The van der Waals surface area contributed by atoms with Gasteiger partial charge in [-0.1, -0.05) is 19.1 Å². The zero-order valence-corrected chi connectivity index (χ0v) is 20.3. The molecule has 3 atom stereocenters. The van der Waals surface area contributed by atoms with Gasteiger partial charge < -0.3 is 14.7 Å². The highest BCUT2D eigenvalue weighted by Crippen LogP contribution is 2.29. The summed E-state index contributed by atoms with van der Waals surface area (Å²) in [7, 11) is -2.76. The number of sulfonamides is 1. The molecule has 1 amide bonds. The first kappa shape index (κ1) is 24.6. The first-order chi connectivity index (χ1) is 15.1. The molecule has 0 aliphatic carbocycles. The third-order valence-electron chi connectivity index (χ3n) is 5.45. The number of carbonyl (C=O) groups excluding carboxylic acids is 1. The first-order valence-corrected chi connectivity index (χ1v) is 12.2. The number of carbonyl (C=O) groups is 1. The molecule has 2 aromatic rings. The van der Waals surface area contributed by atoms with Crippen LogP contribution in [0.4, 0.5) is 4.39 Å². The molecule has 8 nitrogen and oxygen atoms in total. The molecule has 0 spiro atoms. The maximum absolute atomic E-state index is 14.2. The van der Waals surface area contributed by atoms with Crippen LogP contribution in [0.15, 0.2) is 45.9 Å². The molecule has 174 valence electrons. The van der Waals surface area contributed by atoms with Crippen molar-refractivity contribution in [3.63, 3.8) is 0 Å². The van der Waals surface area contributed by atoms with Gasteiger partial charge in [0.05, 0.1) is 19.2 Å². The van der Waals surface area contributed by atoms with E-state index in [2.05, 4.69) is 20.9 Å². The number of hydrogen-bond donors (Lipinski definition) is 1. The van der Waals surface area contributed by atoms with Crippen LogP contribution in [0, 0.1) is 11.7 Å². The number of halogens is 2. The number of benzene rings is 1. The summed E-state index contributed by atoms with van der Waals surface area (Å²) in [6, 6.07) is 6.29. The lowest BCUT2D eigenvalue weighted by Crippen LogP contribution is -2.50. The standard InChI is InChI=1S/C21H25BrFN3O5S/c1-13-10-26(14(2)12-27)21(28)16-8-15(22)9-24-20(16)31-18(13)11-25(3)32(29,30)19-7-5-4-6-17(19)23/h4-9,13-14,18,27H,10-12H2,1-3H3/t13-,14-,18-/m0/s1. The van der Waals surface area contributed by atoms with Crippen molar-refractivity contribution in [1.82, 2.24) is 14.2 Å². The largest absolute Gasteiger partial charge is 0.472 e. The highest BCUT2D eigenvalue weighted by molar-refractivity contribution is 9.10. The van der Waals surface area contributed by atoms with E-state index in [1.165, 1.54) is 36.3 Å². The number of ether oxygens (including phenoxy) is 1. The minimum absolute atomic E-state index is 0.0709. The van der Waals surface area contributed by atoms with Crippen molar-refractivity contribution in [2.75, 3.05) is 26.7 Å². The molecular formula is C21H25BrFN3O5S. The van der Waals surface area contributed by atoms with Crippen molar-refractivity contribution in [1.29, 1.82) is 0 Å². The minimum atomic E-state index is -4.11. The van der Waals surface area contributed by atoms with Gasteiger partial charge in [-0.15, -0.1) is 0 Å². The van der Waals surface area contributed by atoms with Crippen LogP contribution >= 0.6 is 15.9 Å². The van der Waals surface area contributed by atoms with E-state index in [-0.39, 0.29) is 43.0 Å². The Morgan fingerprint density at radius 3 is 2.75 bits per heavy atom. The topological polar surface area (TPSA) is 100 Å². The second-order valence-corrected chi connectivity index (χ2v) is 10.8. The number of nitrogens with zero attached hydrogens (tertiary/aromatic N) is 3. The fourth-order valence-electron chi connectivity index (χ4n) is 3.47. The summed E-state index contributed by atoms with van der Waals surface area (Å²) in [6.07, 6.45) is 0.796. The molecule has 0 bridgehead atoms. The number of pyridine rings is 1. The monoisotopic (exact) mass is 529 g/mol. The molecular weight excluding hydrogens is 505 g/mol. The summed E-state index contributed by atoms with van der Waals surface area (Å²) >= 11 is 3.30. The summed E-state index contributed by atoms with van der Waals surface area (Å²) in [5, 5.41) is 9.65. The van der Waals surface area contributed by atoms with Gasteiger partial charge in [0, 0.05) is 30.2 Å². The Kier molecular flexibility index (Phi) is 7.53. The molecule has 0 unspecified atom stereocenters. The maximum Gasteiger partial charge on any atom is 0.259 e. The summed E-state index contributed by atoms with van der Waals surface area (Å²) in [6.45, 7) is 3.45. The predicted molar refractivity (Wildman–Crippen MR) is 119 cm³/mol. The number of aliphatic hydroxyl groups is 1. The Morgan fingerprint density at radius 2 is 2.09 bits per heavy atom. The van der Waals surface area contributed by atoms with E-state index >= 15 is 0 Å². The Labute approximate surface area is 195 Å². The van der Waals surface area contributed by atoms with Crippen molar-refractivity contribution in [3.05, 3.63) is 52.4 Å². The lowest BCUT2D eigenvalue weighted by atomic mass is 10.0. The Bertz CT molecular complexity index is 1100. The zero-order valence-electron chi connectivity index (χ0n) is 17.9. The summed E-state index contributed by atoms with van der Waals surface area (Å²) in [4.78, 5) is 18.4. The molecule has 11 heteroatoms. The third-order valence-corrected chi connectivity index (χ3v) is 7.74. The van der Waals surface area contributed by atoms with E-state index in [1.807, 2.05) is 6.92 Å². The van der Waals surface area contributed by atoms with Crippen LogP contribution in [-0.4, -0.2) is 72.5 Å². The number of hydrogen-bond acceptors (Lipinski definition) is 6. The normalized spacial score (nSPS) is 20.3. The summed E-state index contributed by atoms with van der Waals surface area (Å²) < 4.78 is 47.7. The number of amides is 1. The van der Waals surface area contributed by atoms with Gasteiger partial charge in [-0.3, -0.25) is 4.79 Å². The molecule has 1 aliphatic heterocycles. The molecule has 0 saturated carbocycles. The molecule has 1 aliphatic rings. The molecule has 1 aromatic heterocycles. The number of fused-ring (bicyclic) bond motifs is 1. The summed E-state index contributed by atoms with van der Waals surface area (Å²) in [5.74, 6) is -1.42. The lowest BCUT2D eigenvalue weighted by Gasteiger charge is -2.37. The van der Waals surface area contributed by atoms with Gasteiger partial charge in [0.15, 0.2) is 0 Å². The second kappa shape index (κ2) is 9.82. The van der Waals surface area contributed by atoms with Crippen LogP contribution in [0.5, 0.6) is 5.88 Å². The maximum atomic E-state index is 14.2. The molecule has 0 fully saturated rings. The van der Waals surface area contributed by atoms with Crippen molar-refractivity contribution in [2.24, 2.45) is 5.92 Å². The predicted octanol–water partition coefficient (Wildman–Crippen LogP) is 2.52. The Balaban J connectivity index is 1.96. The minimum Gasteiger partial charge on any atom is -0.472 e. The molecule has 0 saturated heterocycles. The van der Waals surface area contributed by atoms with Gasteiger partial charge in [-0.2, -0.15) is 4.31 Å². The molecule has 3 rings (SSSR count). The smallest absolute Gasteiger partial charge is 0.259 e. The number of aliphatic hydroxyl groups excluding tert-OH is 1. The Hall–Kier alpha value is -2.08. The van der Waals surface area contributed by atoms with Crippen molar-refractivity contribution in [2.45, 2.75) is 30.9 Å². The zero-order chi connectivity index (χ0) is 23.6. The molecule has 1 aromatic carbocycles. The van der Waals surface area contributed by atoms with E-state index in [4.69, 9.17) is 4.74 Å². The molecule has 1 N–H and O–H groups in total. The molecule has 2 heterocycles. The lowest BCUT2D eigenvalue weighted by molar-refractivity contribution is 0.0373. The van der Waals surface area contributed by atoms with E-state index in [0.29, 0.717) is 4.47 Å². The van der Waals surface area contributed by atoms with Gasteiger partial charge in [-0.25, -0.2) is 17.8 Å². The fraction of sp³-hybridized carbons (Fsp3) is 0.429. The number of likely N-dealkylation sites (N-methyl/N-ethyl adjacent to an activating group) is 1. The highest BCUT2D eigenvalue weighted by Gasteiger charge is 2.36. The van der Waals surface area contributed by atoms with Crippen LogP contribution < -0.4 is 4.74 Å².